The average Bonchev–Trinajstić information content (AvgIpc) is 2.30. The number of aryl methyl sites for hydroxylation is 1. The Morgan fingerprint density at radius 1 is 1.25 bits per heavy atom. The van der Waals surface area contributed by atoms with Gasteiger partial charge in [-0.25, -0.2) is 4.79 Å². The monoisotopic (exact) mass is 218 g/mol. The Kier molecular flexibility index (Phi) is 3.28. The molecule has 0 bridgehead atoms. The average molecular weight is 218 g/mol. The van der Waals surface area contributed by atoms with Crippen LogP contribution in [-0.4, -0.2) is 11.1 Å². The van der Waals surface area contributed by atoms with Gasteiger partial charge in [0, 0.05) is 0 Å². The summed E-state index contributed by atoms with van der Waals surface area (Å²) in [6.45, 7) is 1.86. The highest BCUT2D eigenvalue weighted by molar-refractivity contribution is 5.89. The van der Waals surface area contributed by atoms with Crippen molar-refractivity contribution >= 4 is 5.97 Å². The number of hydrogen-bond donors (Lipinski definition) is 1. The number of rotatable bonds is 2. The highest BCUT2D eigenvalue weighted by atomic mass is 16.4. The quantitative estimate of drug-likeness (QED) is 0.821. The first-order valence-corrected chi connectivity index (χ1v) is 6.02. The van der Waals surface area contributed by atoms with E-state index in [1.165, 1.54) is 37.7 Å². The van der Waals surface area contributed by atoms with Crippen LogP contribution in [-0.2, 0) is 0 Å². The molecule has 0 saturated heterocycles. The van der Waals surface area contributed by atoms with Crippen LogP contribution in [0.15, 0.2) is 18.2 Å². The Morgan fingerprint density at radius 2 is 1.94 bits per heavy atom. The lowest BCUT2D eigenvalue weighted by atomic mass is 9.83. The van der Waals surface area contributed by atoms with Crippen LogP contribution in [0.25, 0.3) is 0 Å². The minimum Gasteiger partial charge on any atom is -0.478 e. The molecule has 1 aromatic rings. The van der Waals surface area contributed by atoms with Gasteiger partial charge >= 0.3 is 5.97 Å². The van der Waals surface area contributed by atoms with Gasteiger partial charge in [-0.1, -0.05) is 31.4 Å². The van der Waals surface area contributed by atoms with Gasteiger partial charge < -0.3 is 5.11 Å². The Bertz CT molecular complexity index is 390. The van der Waals surface area contributed by atoms with Gasteiger partial charge in [0.2, 0.25) is 0 Å². The van der Waals surface area contributed by atoms with Crippen molar-refractivity contribution < 1.29 is 9.90 Å². The number of benzene rings is 1. The molecule has 2 heteroatoms. The van der Waals surface area contributed by atoms with E-state index in [4.69, 9.17) is 5.11 Å². The molecule has 1 saturated carbocycles. The first kappa shape index (κ1) is 11.2. The summed E-state index contributed by atoms with van der Waals surface area (Å²) in [4.78, 5) is 11.1. The van der Waals surface area contributed by atoms with E-state index in [1.54, 1.807) is 0 Å². The number of hydrogen-bond acceptors (Lipinski definition) is 1. The van der Waals surface area contributed by atoms with E-state index in [0.29, 0.717) is 11.5 Å². The van der Waals surface area contributed by atoms with Crippen molar-refractivity contribution in [3.05, 3.63) is 34.9 Å². The van der Waals surface area contributed by atoms with Crippen LogP contribution in [0.5, 0.6) is 0 Å². The smallest absolute Gasteiger partial charge is 0.335 e. The van der Waals surface area contributed by atoms with Crippen LogP contribution in [0.2, 0.25) is 0 Å². The van der Waals surface area contributed by atoms with Gasteiger partial charge in [-0.15, -0.1) is 0 Å². The summed E-state index contributed by atoms with van der Waals surface area (Å²) in [5, 5.41) is 9.09. The molecule has 0 aliphatic heterocycles. The summed E-state index contributed by atoms with van der Waals surface area (Å²) < 4.78 is 0. The molecule has 0 aromatic heterocycles. The fourth-order valence-electron chi connectivity index (χ4n) is 2.56. The molecule has 0 unspecified atom stereocenters. The van der Waals surface area contributed by atoms with Crippen LogP contribution in [0.1, 0.15) is 59.5 Å². The van der Waals surface area contributed by atoms with E-state index in [9.17, 15) is 4.79 Å². The summed E-state index contributed by atoms with van der Waals surface area (Å²) in [7, 11) is 0. The molecule has 2 nitrogen and oxygen atoms in total. The molecule has 1 aliphatic rings. The zero-order chi connectivity index (χ0) is 11.5. The Morgan fingerprint density at radius 3 is 2.56 bits per heavy atom. The van der Waals surface area contributed by atoms with Gasteiger partial charge in [0.15, 0.2) is 0 Å². The number of carboxylic acid groups (broad SMARTS) is 1. The first-order chi connectivity index (χ1) is 7.68. The molecule has 0 heterocycles. The van der Waals surface area contributed by atoms with E-state index in [-0.39, 0.29) is 0 Å². The van der Waals surface area contributed by atoms with Gasteiger partial charge in [-0.05, 0) is 42.9 Å². The lowest BCUT2D eigenvalue weighted by Crippen LogP contribution is -2.07. The van der Waals surface area contributed by atoms with Crippen LogP contribution in [0.3, 0.4) is 0 Å². The minimum atomic E-state index is -0.810. The fraction of sp³-hybridized carbons (Fsp3) is 0.500. The largest absolute Gasteiger partial charge is 0.478 e. The summed E-state index contributed by atoms with van der Waals surface area (Å²) in [6, 6.07) is 5.90. The molecule has 0 amide bonds. The van der Waals surface area contributed by atoms with Crippen molar-refractivity contribution in [2.45, 2.75) is 44.9 Å². The predicted octanol–water partition coefficient (Wildman–Crippen LogP) is 3.74. The van der Waals surface area contributed by atoms with Gasteiger partial charge in [-0.3, -0.25) is 0 Å². The van der Waals surface area contributed by atoms with Crippen molar-refractivity contribution in [3.63, 3.8) is 0 Å². The van der Waals surface area contributed by atoms with Crippen LogP contribution in [0, 0.1) is 6.92 Å². The molecular weight excluding hydrogens is 200 g/mol. The third-order valence-corrected chi connectivity index (χ3v) is 3.57. The van der Waals surface area contributed by atoms with Gasteiger partial charge in [-0.2, -0.15) is 0 Å². The molecule has 2 rings (SSSR count). The molecule has 0 radical (unpaired) electrons. The molecule has 16 heavy (non-hydrogen) atoms. The number of carboxylic acids is 1. The van der Waals surface area contributed by atoms with Crippen molar-refractivity contribution in [1.82, 2.24) is 0 Å². The van der Waals surface area contributed by atoms with Crippen molar-refractivity contribution in [3.8, 4) is 0 Å². The van der Waals surface area contributed by atoms with E-state index in [1.807, 2.05) is 19.1 Å². The Hall–Kier alpha value is -1.31. The van der Waals surface area contributed by atoms with E-state index < -0.39 is 5.97 Å². The maximum absolute atomic E-state index is 11.1. The number of carbonyl (C=O) groups is 1. The zero-order valence-electron chi connectivity index (χ0n) is 9.70. The molecule has 0 spiro atoms. The normalized spacial score (nSPS) is 17.3. The third kappa shape index (κ3) is 2.26. The topological polar surface area (TPSA) is 37.3 Å². The Labute approximate surface area is 96.3 Å². The van der Waals surface area contributed by atoms with Crippen LogP contribution in [0.4, 0.5) is 0 Å². The second-order valence-electron chi connectivity index (χ2n) is 4.71. The summed E-state index contributed by atoms with van der Waals surface area (Å²) >= 11 is 0. The molecule has 1 aliphatic carbocycles. The van der Waals surface area contributed by atoms with Gasteiger partial charge in [0.25, 0.3) is 0 Å². The first-order valence-electron chi connectivity index (χ1n) is 6.02. The van der Waals surface area contributed by atoms with Crippen LogP contribution >= 0.6 is 0 Å². The lowest BCUT2D eigenvalue weighted by molar-refractivity contribution is 0.0696. The summed E-state index contributed by atoms with van der Waals surface area (Å²) in [5.41, 5.74) is 2.53. The molecule has 1 N–H and O–H groups in total. The van der Waals surface area contributed by atoms with E-state index in [0.717, 1.165) is 5.56 Å². The predicted molar refractivity (Wildman–Crippen MR) is 64.0 cm³/mol. The zero-order valence-corrected chi connectivity index (χ0v) is 9.70. The number of aromatic carboxylic acids is 1. The van der Waals surface area contributed by atoms with Crippen molar-refractivity contribution in [1.29, 1.82) is 0 Å². The standard InChI is InChI=1S/C14H18O2/c1-10-7-8-12(9-13(10)14(15)16)11-5-3-2-4-6-11/h7-9,11H,2-6H2,1H3,(H,15,16). The molecule has 86 valence electrons. The van der Waals surface area contributed by atoms with Gasteiger partial charge in [0.05, 0.1) is 5.56 Å². The maximum Gasteiger partial charge on any atom is 0.335 e. The highest BCUT2D eigenvalue weighted by Gasteiger charge is 2.17. The molecule has 0 atom stereocenters. The minimum absolute atomic E-state index is 0.461. The summed E-state index contributed by atoms with van der Waals surface area (Å²) in [6.07, 6.45) is 6.31. The molecular formula is C14H18O2. The third-order valence-electron chi connectivity index (χ3n) is 3.57. The fourth-order valence-corrected chi connectivity index (χ4v) is 2.56. The maximum atomic E-state index is 11.1. The van der Waals surface area contributed by atoms with Gasteiger partial charge in [0.1, 0.15) is 0 Å². The van der Waals surface area contributed by atoms with Crippen molar-refractivity contribution in [2.24, 2.45) is 0 Å². The van der Waals surface area contributed by atoms with E-state index >= 15 is 0 Å². The SMILES string of the molecule is Cc1ccc(C2CCCCC2)cc1C(=O)O. The van der Waals surface area contributed by atoms with E-state index in [2.05, 4.69) is 6.07 Å². The summed E-state index contributed by atoms with van der Waals surface area (Å²) in [5.74, 6) is -0.234. The second kappa shape index (κ2) is 4.69. The molecule has 1 fully saturated rings. The second-order valence-corrected chi connectivity index (χ2v) is 4.71. The highest BCUT2D eigenvalue weighted by Crippen LogP contribution is 2.33. The van der Waals surface area contributed by atoms with Crippen LogP contribution < -0.4 is 0 Å². The van der Waals surface area contributed by atoms with Crippen molar-refractivity contribution in [2.75, 3.05) is 0 Å². The Balaban J connectivity index is 2.27. The lowest BCUT2D eigenvalue weighted by Gasteiger charge is -2.22. The molecule has 1 aromatic carbocycles.